The van der Waals surface area contributed by atoms with Gasteiger partial charge >= 0.3 is 0 Å². The van der Waals surface area contributed by atoms with Crippen LogP contribution < -0.4 is 0 Å². The highest BCUT2D eigenvalue weighted by Gasteiger charge is 2.28. The first kappa shape index (κ1) is 17.8. The van der Waals surface area contributed by atoms with Crippen LogP contribution in [0.15, 0.2) is 54.9 Å². The lowest BCUT2D eigenvalue weighted by atomic mass is 10.1. The standard InChI is InChI=1S/C21H26N6/c1-17-23-21(25-24-17)20-9-11-26(15-18-6-3-2-4-7-18)12-13-27(20)16-19-8-5-10-22-14-19/h2-8,10,14,20H,9,11-13,15-16H2,1H3,(H,23,24,25). The van der Waals surface area contributed by atoms with Crippen LogP contribution in [0.4, 0.5) is 0 Å². The van der Waals surface area contributed by atoms with Crippen LogP contribution in [0.25, 0.3) is 0 Å². The predicted molar refractivity (Wildman–Crippen MR) is 105 cm³/mol. The van der Waals surface area contributed by atoms with Gasteiger partial charge in [0.2, 0.25) is 0 Å². The summed E-state index contributed by atoms with van der Waals surface area (Å²) < 4.78 is 0. The minimum atomic E-state index is 0.218. The Hall–Kier alpha value is -2.57. The molecule has 1 saturated heterocycles. The fourth-order valence-corrected chi connectivity index (χ4v) is 3.74. The van der Waals surface area contributed by atoms with E-state index in [2.05, 4.69) is 66.4 Å². The summed E-state index contributed by atoms with van der Waals surface area (Å²) in [5.41, 5.74) is 2.59. The number of aryl methyl sites for hydroxylation is 1. The molecule has 1 unspecified atom stereocenters. The second-order valence-corrected chi connectivity index (χ2v) is 7.18. The van der Waals surface area contributed by atoms with Crippen molar-refractivity contribution in [1.29, 1.82) is 0 Å². The van der Waals surface area contributed by atoms with E-state index in [9.17, 15) is 0 Å². The van der Waals surface area contributed by atoms with Crippen molar-refractivity contribution >= 4 is 0 Å². The number of aromatic amines is 1. The number of aromatic nitrogens is 4. The van der Waals surface area contributed by atoms with E-state index in [1.54, 1.807) is 0 Å². The molecule has 0 aliphatic carbocycles. The monoisotopic (exact) mass is 362 g/mol. The van der Waals surface area contributed by atoms with Gasteiger partial charge in [-0.05, 0) is 30.5 Å². The summed E-state index contributed by atoms with van der Waals surface area (Å²) in [5.74, 6) is 1.77. The molecular weight excluding hydrogens is 336 g/mol. The van der Waals surface area contributed by atoms with Crippen molar-refractivity contribution in [1.82, 2.24) is 30.0 Å². The van der Waals surface area contributed by atoms with Crippen molar-refractivity contribution in [3.05, 3.63) is 77.6 Å². The molecule has 1 aromatic carbocycles. The molecule has 0 saturated carbocycles. The van der Waals surface area contributed by atoms with E-state index in [0.717, 1.165) is 50.8 Å². The van der Waals surface area contributed by atoms with Crippen LogP contribution in [-0.2, 0) is 13.1 Å². The van der Waals surface area contributed by atoms with Gasteiger partial charge in [0.1, 0.15) is 5.82 Å². The van der Waals surface area contributed by atoms with Gasteiger partial charge in [0.05, 0.1) is 6.04 Å². The first-order valence-corrected chi connectivity index (χ1v) is 9.56. The highest BCUT2D eigenvalue weighted by atomic mass is 15.3. The van der Waals surface area contributed by atoms with Crippen molar-refractivity contribution in [3.8, 4) is 0 Å². The number of nitrogens with zero attached hydrogens (tertiary/aromatic N) is 5. The summed E-state index contributed by atoms with van der Waals surface area (Å²) in [6.45, 7) is 6.87. The molecule has 3 heterocycles. The van der Waals surface area contributed by atoms with Crippen molar-refractivity contribution in [3.63, 3.8) is 0 Å². The maximum Gasteiger partial charge on any atom is 0.167 e. The molecule has 1 aliphatic rings. The van der Waals surface area contributed by atoms with E-state index in [1.165, 1.54) is 11.1 Å². The highest BCUT2D eigenvalue weighted by molar-refractivity contribution is 5.15. The van der Waals surface area contributed by atoms with Crippen LogP contribution in [0.5, 0.6) is 0 Å². The van der Waals surface area contributed by atoms with E-state index in [-0.39, 0.29) is 6.04 Å². The van der Waals surface area contributed by atoms with Gasteiger partial charge in [0, 0.05) is 45.1 Å². The number of nitrogens with one attached hydrogen (secondary N) is 1. The number of rotatable bonds is 5. The van der Waals surface area contributed by atoms with E-state index in [1.807, 2.05) is 25.4 Å². The van der Waals surface area contributed by atoms with Gasteiger partial charge < -0.3 is 0 Å². The van der Waals surface area contributed by atoms with Gasteiger partial charge in [-0.15, -0.1) is 0 Å². The fraction of sp³-hybridized carbons (Fsp3) is 0.381. The van der Waals surface area contributed by atoms with Crippen molar-refractivity contribution in [2.24, 2.45) is 0 Å². The molecule has 1 fully saturated rings. The lowest BCUT2D eigenvalue weighted by Crippen LogP contribution is -2.32. The molecule has 0 radical (unpaired) electrons. The lowest BCUT2D eigenvalue weighted by molar-refractivity contribution is 0.187. The molecule has 0 bridgehead atoms. The largest absolute Gasteiger partial charge is 0.298 e. The smallest absolute Gasteiger partial charge is 0.167 e. The second-order valence-electron chi connectivity index (χ2n) is 7.18. The van der Waals surface area contributed by atoms with Gasteiger partial charge in [-0.3, -0.25) is 19.9 Å². The molecular formula is C21H26N6. The predicted octanol–water partition coefficient (Wildman–Crippen LogP) is 2.96. The first-order chi connectivity index (χ1) is 13.3. The Morgan fingerprint density at radius 3 is 2.59 bits per heavy atom. The van der Waals surface area contributed by atoms with Gasteiger partial charge in [-0.2, -0.15) is 5.10 Å². The lowest BCUT2D eigenvalue weighted by Gasteiger charge is -2.27. The quantitative estimate of drug-likeness (QED) is 0.756. The van der Waals surface area contributed by atoms with Gasteiger partial charge in [0.15, 0.2) is 5.82 Å². The minimum absolute atomic E-state index is 0.218. The van der Waals surface area contributed by atoms with E-state index in [4.69, 9.17) is 0 Å². The Balaban J connectivity index is 1.51. The van der Waals surface area contributed by atoms with Crippen LogP contribution in [0, 0.1) is 6.92 Å². The summed E-state index contributed by atoms with van der Waals surface area (Å²) in [6, 6.07) is 15.1. The SMILES string of the molecule is Cc1nc(C2CCN(Cc3ccccc3)CCN2Cc2cccnc2)n[nH]1. The Morgan fingerprint density at radius 1 is 1.00 bits per heavy atom. The summed E-state index contributed by atoms with van der Waals surface area (Å²) in [7, 11) is 0. The first-order valence-electron chi connectivity index (χ1n) is 9.56. The number of hydrogen-bond donors (Lipinski definition) is 1. The Kier molecular flexibility index (Phi) is 5.55. The normalized spacial score (nSPS) is 19.1. The average molecular weight is 362 g/mol. The zero-order valence-electron chi connectivity index (χ0n) is 15.8. The second kappa shape index (κ2) is 8.41. The van der Waals surface area contributed by atoms with Crippen molar-refractivity contribution < 1.29 is 0 Å². The average Bonchev–Trinajstić information content (AvgIpc) is 3.03. The van der Waals surface area contributed by atoms with Gasteiger partial charge in [-0.25, -0.2) is 4.98 Å². The minimum Gasteiger partial charge on any atom is -0.298 e. The number of H-pyrrole nitrogens is 1. The van der Waals surface area contributed by atoms with Crippen LogP contribution in [-0.4, -0.2) is 49.6 Å². The van der Waals surface area contributed by atoms with E-state index < -0.39 is 0 Å². The topological polar surface area (TPSA) is 60.9 Å². The number of pyridine rings is 1. The Bertz CT molecular complexity index is 832. The molecule has 0 amide bonds. The number of benzene rings is 1. The van der Waals surface area contributed by atoms with Crippen LogP contribution >= 0.6 is 0 Å². The highest BCUT2D eigenvalue weighted by Crippen LogP contribution is 2.26. The van der Waals surface area contributed by atoms with Crippen molar-refractivity contribution in [2.45, 2.75) is 32.5 Å². The van der Waals surface area contributed by atoms with Crippen LogP contribution in [0.1, 0.15) is 35.2 Å². The third-order valence-corrected chi connectivity index (χ3v) is 5.13. The summed E-state index contributed by atoms with van der Waals surface area (Å²) >= 11 is 0. The fourth-order valence-electron chi connectivity index (χ4n) is 3.74. The third-order valence-electron chi connectivity index (χ3n) is 5.13. The molecule has 2 aromatic heterocycles. The van der Waals surface area contributed by atoms with Crippen LogP contribution in [0.3, 0.4) is 0 Å². The molecule has 140 valence electrons. The Labute approximate surface area is 160 Å². The molecule has 4 rings (SSSR count). The third kappa shape index (κ3) is 4.59. The molecule has 1 aliphatic heterocycles. The van der Waals surface area contributed by atoms with Crippen molar-refractivity contribution in [2.75, 3.05) is 19.6 Å². The van der Waals surface area contributed by atoms with Gasteiger partial charge in [-0.1, -0.05) is 36.4 Å². The molecule has 6 heteroatoms. The van der Waals surface area contributed by atoms with Crippen LogP contribution in [0.2, 0.25) is 0 Å². The summed E-state index contributed by atoms with van der Waals surface area (Å²) in [5, 5.41) is 7.48. The maximum atomic E-state index is 4.63. The zero-order valence-corrected chi connectivity index (χ0v) is 15.8. The number of hydrogen-bond acceptors (Lipinski definition) is 5. The molecule has 3 aromatic rings. The molecule has 1 atom stereocenters. The van der Waals surface area contributed by atoms with E-state index in [0.29, 0.717) is 0 Å². The molecule has 27 heavy (non-hydrogen) atoms. The maximum absolute atomic E-state index is 4.63. The molecule has 6 nitrogen and oxygen atoms in total. The zero-order chi connectivity index (χ0) is 18.5. The summed E-state index contributed by atoms with van der Waals surface area (Å²) in [6.07, 6.45) is 4.79. The Morgan fingerprint density at radius 2 is 1.85 bits per heavy atom. The summed E-state index contributed by atoms with van der Waals surface area (Å²) in [4.78, 5) is 13.9. The van der Waals surface area contributed by atoms with E-state index >= 15 is 0 Å². The molecule has 1 N–H and O–H groups in total. The molecule has 0 spiro atoms. The van der Waals surface area contributed by atoms with Gasteiger partial charge in [0.25, 0.3) is 0 Å².